The first-order valence-electron chi connectivity index (χ1n) is 7.47. The van der Waals surface area contributed by atoms with E-state index in [0.29, 0.717) is 5.75 Å². The van der Waals surface area contributed by atoms with Crippen LogP contribution in [0.15, 0.2) is 29.4 Å². The number of hydrogen-bond acceptors (Lipinski definition) is 4. The standard InChI is InChI=1S/C16H21N3O3/c1-22-14-9-5-6-12(10-14)11-17-19-16(21)15(20)18-13-7-3-2-4-8-13/h5-6,9-11,13H,2-4,7-8H2,1H3,(H,18,20)(H,19,21). The van der Waals surface area contributed by atoms with Crippen molar-refractivity contribution < 1.29 is 14.3 Å². The van der Waals surface area contributed by atoms with E-state index >= 15 is 0 Å². The zero-order chi connectivity index (χ0) is 15.8. The Kier molecular flexibility index (Phi) is 5.94. The lowest BCUT2D eigenvalue weighted by molar-refractivity contribution is -0.139. The molecule has 1 aromatic carbocycles. The lowest BCUT2D eigenvalue weighted by atomic mass is 9.95. The Bertz CT molecular complexity index is 551. The van der Waals surface area contributed by atoms with Crippen LogP contribution in [0.25, 0.3) is 0 Å². The normalized spacial score (nSPS) is 15.5. The second-order valence-electron chi connectivity index (χ2n) is 5.28. The van der Waals surface area contributed by atoms with Crippen LogP contribution in [0, 0.1) is 0 Å². The van der Waals surface area contributed by atoms with E-state index in [0.717, 1.165) is 31.2 Å². The number of hydrogen-bond donors (Lipinski definition) is 2. The van der Waals surface area contributed by atoms with Gasteiger partial charge < -0.3 is 10.1 Å². The molecule has 0 heterocycles. The van der Waals surface area contributed by atoms with Crippen molar-refractivity contribution in [3.63, 3.8) is 0 Å². The second-order valence-corrected chi connectivity index (χ2v) is 5.28. The van der Waals surface area contributed by atoms with Crippen LogP contribution < -0.4 is 15.5 Å². The zero-order valence-electron chi connectivity index (χ0n) is 12.7. The molecule has 1 fully saturated rings. The fraction of sp³-hybridized carbons (Fsp3) is 0.438. The van der Waals surface area contributed by atoms with Crippen LogP contribution in [-0.4, -0.2) is 31.2 Å². The molecule has 1 saturated carbocycles. The summed E-state index contributed by atoms with van der Waals surface area (Å²) < 4.78 is 5.09. The molecule has 2 rings (SSSR count). The highest BCUT2D eigenvalue weighted by Gasteiger charge is 2.19. The van der Waals surface area contributed by atoms with Gasteiger partial charge in [-0.3, -0.25) is 9.59 Å². The summed E-state index contributed by atoms with van der Waals surface area (Å²) in [5, 5.41) is 6.53. The van der Waals surface area contributed by atoms with Crippen LogP contribution >= 0.6 is 0 Å². The minimum absolute atomic E-state index is 0.106. The molecule has 1 aromatic rings. The molecule has 2 N–H and O–H groups in total. The molecule has 0 unspecified atom stereocenters. The van der Waals surface area contributed by atoms with Crippen molar-refractivity contribution in [3.05, 3.63) is 29.8 Å². The number of hydrazone groups is 1. The first kappa shape index (κ1) is 16.0. The zero-order valence-corrected chi connectivity index (χ0v) is 12.7. The van der Waals surface area contributed by atoms with Gasteiger partial charge in [-0.2, -0.15) is 5.10 Å². The Balaban J connectivity index is 1.80. The molecule has 0 bridgehead atoms. The molecular weight excluding hydrogens is 282 g/mol. The number of nitrogens with zero attached hydrogens (tertiary/aromatic N) is 1. The van der Waals surface area contributed by atoms with E-state index in [-0.39, 0.29) is 6.04 Å². The van der Waals surface area contributed by atoms with Crippen LogP contribution in [-0.2, 0) is 9.59 Å². The predicted octanol–water partition coefficient (Wildman–Crippen LogP) is 1.59. The third-order valence-corrected chi connectivity index (χ3v) is 3.62. The summed E-state index contributed by atoms with van der Waals surface area (Å²) in [4.78, 5) is 23.4. The molecule has 1 aliphatic rings. The Morgan fingerprint density at radius 1 is 1.23 bits per heavy atom. The molecule has 22 heavy (non-hydrogen) atoms. The molecule has 0 saturated heterocycles. The monoisotopic (exact) mass is 303 g/mol. The number of carbonyl (C=O) groups excluding carboxylic acids is 2. The highest BCUT2D eigenvalue weighted by atomic mass is 16.5. The highest BCUT2D eigenvalue weighted by Crippen LogP contribution is 2.17. The van der Waals surface area contributed by atoms with Gasteiger partial charge in [0.15, 0.2) is 0 Å². The quantitative estimate of drug-likeness (QED) is 0.503. The average Bonchev–Trinajstić information content (AvgIpc) is 2.56. The lowest BCUT2D eigenvalue weighted by Gasteiger charge is -2.22. The van der Waals surface area contributed by atoms with Crippen LogP contribution in [0.4, 0.5) is 0 Å². The summed E-state index contributed by atoms with van der Waals surface area (Å²) in [7, 11) is 1.58. The summed E-state index contributed by atoms with van der Waals surface area (Å²) >= 11 is 0. The highest BCUT2D eigenvalue weighted by molar-refractivity contribution is 6.35. The fourth-order valence-electron chi connectivity index (χ4n) is 2.44. The van der Waals surface area contributed by atoms with Crippen LogP contribution in [0.1, 0.15) is 37.7 Å². The molecule has 0 radical (unpaired) electrons. The van der Waals surface area contributed by atoms with E-state index in [4.69, 9.17) is 4.74 Å². The van der Waals surface area contributed by atoms with Gasteiger partial charge in [-0.15, -0.1) is 0 Å². The summed E-state index contributed by atoms with van der Waals surface area (Å²) in [6, 6.07) is 7.33. The number of rotatable bonds is 4. The van der Waals surface area contributed by atoms with Crippen LogP contribution in [0.2, 0.25) is 0 Å². The van der Waals surface area contributed by atoms with Crippen molar-refractivity contribution in [3.8, 4) is 5.75 Å². The SMILES string of the molecule is COc1cccc(C=NNC(=O)C(=O)NC2CCCCC2)c1. The second kappa shape index (κ2) is 8.17. The molecule has 6 nitrogen and oxygen atoms in total. The van der Waals surface area contributed by atoms with E-state index in [1.807, 2.05) is 18.2 Å². The lowest BCUT2D eigenvalue weighted by Crippen LogP contribution is -2.44. The van der Waals surface area contributed by atoms with Gasteiger partial charge >= 0.3 is 11.8 Å². The van der Waals surface area contributed by atoms with E-state index in [2.05, 4.69) is 15.8 Å². The van der Waals surface area contributed by atoms with Crippen molar-refractivity contribution >= 4 is 18.0 Å². The van der Waals surface area contributed by atoms with Gasteiger partial charge in [-0.1, -0.05) is 31.4 Å². The van der Waals surface area contributed by atoms with Gasteiger partial charge in [0, 0.05) is 6.04 Å². The minimum Gasteiger partial charge on any atom is -0.497 e. The first-order chi connectivity index (χ1) is 10.7. The van der Waals surface area contributed by atoms with Gasteiger partial charge in [0.25, 0.3) is 0 Å². The average molecular weight is 303 g/mol. The van der Waals surface area contributed by atoms with Crippen LogP contribution in [0.5, 0.6) is 5.75 Å². The topological polar surface area (TPSA) is 79.8 Å². The van der Waals surface area contributed by atoms with E-state index in [1.165, 1.54) is 12.6 Å². The summed E-state index contributed by atoms with van der Waals surface area (Å²) in [6.07, 6.45) is 6.73. The third-order valence-electron chi connectivity index (χ3n) is 3.62. The maximum atomic E-state index is 11.7. The van der Waals surface area contributed by atoms with E-state index < -0.39 is 11.8 Å². The Morgan fingerprint density at radius 2 is 2.00 bits per heavy atom. The largest absolute Gasteiger partial charge is 0.497 e. The number of nitrogens with one attached hydrogen (secondary N) is 2. The van der Waals surface area contributed by atoms with Gasteiger partial charge in [0.1, 0.15) is 5.75 Å². The van der Waals surface area contributed by atoms with Crippen molar-refractivity contribution in [2.24, 2.45) is 5.10 Å². The first-order valence-corrected chi connectivity index (χ1v) is 7.47. The van der Waals surface area contributed by atoms with Crippen molar-refractivity contribution in [2.75, 3.05) is 7.11 Å². The van der Waals surface area contributed by atoms with Crippen molar-refractivity contribution in [1.82, 2.24) is 10.7 Å². The molecule has 1 aliphatic carbocycles. The smallest absolute Gasteiger partial charge is 0.329 e. The Morgan fingerprint density at radius 3 is 2.73 bits per heavy atom. The minimum atomic E-state index is -0.746. The summed E-state index contributed by atoms with van der Waals surface area (Å²) in [5.74, 6) is -0.676. The maximum Gasteiger partial charge on any atom is 0.329 e. The Labute approximate surface area is 129 Å². The van der Waals surface area contributed by atoms with Gasteiger partial charge in [-0.25, -0.2) is 5.43 Å². The molecule has 6 heteroatoms. The Hall–Kier alpha value is -2.37. The molecule has 118 valence electrons. The van der Waals surface area contributed by atoms with Gasteiger partial charge in [0.05, 0.1) is 13.3 Å². The molecule has 0 spiro atoms. The molecule has 0 atom stereocenters. The van der Waals surface area contributed by atoms with Crippen molar-refractivity contribution in [1.29, 1.82) is 0 Å². The number of amides is 2. The summed E-state index contributed by atoms with van der Waals surface area (Å²) in [5.41, 5.74) is 3.01. The number of carbonyl (C=O) groups is 2. The van der Waals surface area contributed by atoms with Gasteiger partial charge in [-0.05, 0) is 30.5 Å². The number of methoxy groups -OCH3 is 1. The maximum absolute atomic E-state index is 11.7. The molecule has 0 aromatic heterocycles. The number of benzene rings is 1. The molecular formula is C16H21N3O3. The molecule has 2 amide bonds. The molecule has 0 aliphatic heterocycles. The fourth-order valence-corrected chi connectivity index (χ4v) is 2.44. The third kappa shape index (κ3) is 4.87. The van der Waals surface area contributed by atoms with Crippen molar-refractivity contribution in [2.45, 2.75) is 38.1 Å². The van der Waals surface area contributed by atoms with Gasteiger partial charge in [0.2, 0.25) is 0 Å². The number of ether oxygens (including phenoxy) is 1. The predicted molar refractivity (Wildman–Crippen MR) is 83.7 cm³/mol. The summed E-state index contributed by atoms with van der Waals surface area (Å²) in [6.45, 7) is 0. The van der Waals surface area contributed by atoms with E-state index in [9.17, 15) is 9.59 Å². The van der Waals surface area contributed by atoms with Crippen LogP contribution in [0.3, 0.4) is 0 Å². The van der Waals surface area contributed by atoms with E-state index in [1.54, 1.807) is 13.2 Å².